The van der Waals surface area contributed by atoms with E-state index in [0.29, 0.717) is 0 Å². The van der Waals surface area contributed by atoms with Crippen molar-refractivity contribution in [3.05, 3.63) is 45.8 Å². The summed E-state index contributed by atoms with van der Waals surface area (Å²) in [6, 6.07) is 6.45. The van der Waals surface area contributed by atoms with Crippen LogP contribution in [-0.4, -0.2) is 23.5 Å². The van der Waals surface area contributed by atoms with Crippen molar-refractivity contribution < 1.29 is 0 Å². The molecule has 0 atom stereocenters. The van der Waals surface area contributed by atoms with E-state index in [1.54, 1.807) is 4.88 Å². The third-order valence-electron chi connectivity index (χ3n) is 3.37. The fraction of sp³-hybridized carbons (Fsp3) is 0.357. The molecule has 2 aromatic rings. The number of aromatic nitrogens is 1. The molecule has 3 rings (SSSR count). The Morgan fingerprint density at radius 3 is 3.11 bits per heavy atom. The number of thiophene rings is 1. The summed E-state index contributed by atoms with van der Waals surface area (Å²) in [5.74, 6) is 0.928. The van der Waals surface area contributed by atoms with Crippen molar-refractivity contribution in [2.45, 2.75) is 19.5 Å². The molecule has 0 spiro atoms. The van der Waals surface area contributed by atoms with Gasteiger partial charge in [-0.3, -0.25) is 4.90 Å². The Bertz CT molecular complexity index is 518. The lowest BCUT2D eigenvalue weighted by atomic mass is 10.1. The normalized spacial score (nSPS) is 15.4. The summed E-state index contributed by atoms with van der Waals surface area (Å²) in [6.45, 7) is 3.22. The van der Waals surface area contributed by atoms with E-state index in [1.165, 1.54) is 17.5 Å². The highest BCUT2D eigenvalue weighted by molar-refractivity contribution is 7.10. The van der Waals surface area contributed by atoms with E-state index in [4.69, 9.17) is 0 Å². The number of nitrogens with one attached hydrogen (secondary N) is 1. The first kappa shape index (κ1) is 11.7. The summed E-state index contributed by atoms with van der Waals surface area (Å²) in [7, 11) is 1.89. The van der Waals surface area contributed by atoms with E-state index < -0.39 is 0 Å². The molecule has 1 aliphatic heterocycles. The van der Waals surface area contributed by atoms with Gasteiger partial charge in [-0.25, -0.2) is 4.98 Å². The van der Waals surface area contributed by atoms with E-state index in [0.717, 1.165) is 25.5 Å². The van der Waals surface area contributed by atoms with Gasteiger partial charge in [0.15, 0.2) is 0 Å². The molecule has 0 amide bonds. The molecule has 0 fully saturated rings. The number of fused-ring (bicyclic) bond motifs is 1. The summed E-state index contributed by atoms with van der Waals surface area (Å²) in [5.41, 5.74) is 2.79. The van der Waals surface area contributed by atoms with Gasteiger partial charge in [-0.1, -0.05) is 6.07 Å². The molecule has 0 saturated heterocycles. The lowest BCUT2D eigenvalue weighted by Gasteiger charge is -2.26. The van der Waals surface area contributed by atoms with Gasteiger partial charge in [-0.15, -0.1) is 11.3 Å². The maximum absolute atomic E-state index is 4.36. The molecule has 3 nitrogen and oxygen atoms in total. The number of pyridine rings is 1. The Morgan fingerprint density at radius 1 is 1.39 bits per heavy atom. The highest BCUT2D eigenvalue weighted by Gasteiger charge is 2.17. The molecule has 0 radical (unpaired) electrons. The summed E-state index contributed by atoms with van der Waals surface area (Å²) in [4.78, 5) is 8.42. The van der Waals surface area contributed by atoms with Crippen LogP contribution < -0.4 is 5.32 Å². The Hall–Kier alpha value is -1.39. The van der Waals surface area contributed by atoms with Crippen LogP contribution in [0.2, 0.25) is 0 Å². The monoisotopic (exact) mass is 259 g/mol. The Balaban J connectivity index is 1.67. The molecule has 0 bridgehead atoms. The van der Waals surface area contributed by atoms with Gasteiger partial charge in [0.2, 0.25) is 0 Å². The van der Waals surface area contributed by atoms with E-state index in [1.807, 2.05) is 30.6 Å². The first-order chi connectivity index (χ1) is 8.85. The highest BCUT2D eigenvalue weighted by atomic mass is 32.1. The average Bonchev–Trinajstić information content (AvgIpc) is 2.87. The molecule has 0 aliphatic carbocycles. The molecule has 4 heteroatoms. The fourth-order valence-electron chi connectivity index (χ4n) is 2.37. The summed E-state index contributed by atoms with van der Waals surface area (Å²) in [5, 5.41) is 5.25. The highest BCUT2D eigenvalue weighted by Crippen LogP contribution is 2.24. The predicted molar refractivity (Wildman–Crippen MR) is 75.9 cm³/mol. The van der Waals surface area contributed by atoms with Gasteiger partial charge in [0.25, 0.3) is 0 Å². The molecule has 1 N–H and O–H groups in total. The van der Waals surface area contributed by atoms with Crippen molar-refractivity contribution in [1.29, 1.82) is 0 Å². The van der Waals surface area contributed by atoms with Crippen LogP contribution in [0.3, 0.4) is 0 Å². The van der Waals surface area contributed by atoms with Crippen LogP contribution in [0.5, 0.6) is 0 Å². The van der Waals surface area contributed by atoms with Crippen LogP contribution in [0.4, 0.5) is 5.82 Å². The first-order valence-electron chi connectivity index (χ1n) is 6.25. The zero-order chi connectivity index (χ0) is 12.4. The van der Waals surface area contributed by atoms with Crippen LogP contribution >= 0.6 is 11.3 Å². The van der Waals surface area contributed by atoms with Crippen molar-refractivity contribution in [3.63, 3.8) is 0 Å². The second kappa shape index (κ2) is 5.08. The smallest absolute Gasteiger partial charge is 0.125 e. The minimum atomic E-state index is 0.928. The van der Waals surface area contributed by atoms with Gasteiger partial charge in [0.05, 0.1) is 0 Å². The minimum absolute atomic E-state index is 0.928. The van der Waals surface area contributed by atoms with E-state index in [-0.39, 0.29) is 0 Å². The van der Waals surface area contributed by atoms with E-state index >= 15 is 0 Å². The molecule has 0 unspecified atom stereocenters. The van der Waals surface area contributed by atoms with Gasteiger partial charge >= 0.3 is 0 Å². The quantitative estimate of drug-likeness (QED) is 0.918. The topological polar surface area (TPSA) is 28.2 Å². The van der Waals surface area contributed by atoms with Crippen LogP contribution in [0.15, 0.2) is 29.8 Å². The Morgan fingerprint density at radius 2 is 2.33 bits per heavy atom. The maximum Gasteiger partial charge on any atom is 0.125 e. The van der Waals surface area contributed by atoms with Crippen molar-refractivity contribution in [1.82, 2.24) is 9.88 Å². The van der Waals surface area contributed by atoms with Crippen molar-refractivity contribution in [2.75, 3.05) is 18.9 Å². The number of anilines is 1. The van der Waals surface area contributed by atoms with Gasteiger partial charge in [-0.05, 0) is 35.1 Å². The largest absolute Gasteiger partial charge is 0.373 e. The number of rotatable bonds is 3. The molecule has 1 aliphatic rings. The Labute approximate surface area is 111 Å². The van der Waals surface area contributed by atoms with Gasteiger partial charge in [0, 0.05) is 37.8 Å². The second-order valence-corrected chi connectivity index (χ2v) is 5.63. The number of hydrogen-bond acceptors (Lipinski definition) is 4. The molecule has 0 aromatic carbocycles. The van der Waals surface area contributed by atoms with Gasteiger partial charge in [0.1, 0.15) is 5.82 Å². The Kier molecular flexibility index (Phi) is 3.30. The molecule has 2 aromatic heterocycles. The van der Waals surface area contributed by atoms with Gasteiger partial charge < -0.3 is 5.32 Å². The van der Waals surface area contributed by atoms with Crippen molar-refractivity contribution in [3.8, 4) is 0 Å². The summed E-state index contributed by atoms with van der Waals surface area (Å²) >= 11 is 1.89. The fourth-order valence-corrected chi connectivity index (χ4v) is 3.26. The summed E-state index contributed by atoms with van der Waals surface area (Å²) < 4.78 is 0. The lowest BCUT2D eigenvalue weighted by molar-refractivity contribution is 0.247. The SMILES string of the molecule is CNc1ccc(CN2CCc3sccc3C2)cn1. The van der Waals surface area contributed by atoms with E-state index in [2.05, 4.69) is 32.7 Å². The molecule has 3 heterocycles. The van der Waals surface area contributed by atoms with Crippen molar-refractivity contribution >= 4 is 17.2 Å². The minimum Gasteiger partial charge on any atom is -0.373 e. The van der Waals surface area contributed by atoms with Crippen LogP contribution in [0.25, 0.3) is 0 Å². The molecule has 94 valence electrons. The van der Waals surface area contributed by atoms with Crippen LogP contribution in [-0.2, 0) is 19.5 Å². The molecular weight excluding hydrogens is 242 g/mol. The third kappa shape index (κ3) is 2.40. The number of nitrogens with zero attached hydrogens (tertiary/aromatic N) is 2. The molecule has 18 heavy (non-hydrogen) atoms. The first-order valence-corrected chi connectivity index (χ1v) is 7.13. The van der Waals surface area contributed by atoms with E-state index in [9.17, 15) is 0 Å². The van der Waals surface area contributed by atoms with Crippen LogP contribution in [0, 0.1) is 0 Å². The average molecular weight is 259 g/mol. The molecule has 0 saturated carbocycles. The zero-order valence-corrected chi connectivity index (χ0v) is 11.3. The van der Waals surface area contributed by atoms with Gasteiger partial charge in [-0.2, -0.15) is 0 Å². The van der Waals surface area contributed by atoms with Crippen molar-refractivity contribution in [2.24, 2.45) is 0 Å². The zero-order valence-electron chi connectivity index (χ0n) is 10.5. The van der Waals surface area contributed by atoms with Crippen LogP contribution in [0.1, 0.15) is 16.0 Å². The standard InChI is InChI=1S/C14H17N3S/c1-15-14-3-2-11(8-16-14)9-17-6-4-13-12(10-17)5-7-18-13/h2-3,5,7-8H,4,6,9-10H2,1H3,(H,15,16). The maximum atomic E-state index is 4.36. The third-order valence-corrected chi connectivity index (χ3v) is 4.40. The second-order valence-electron chi connectivity index (χ2n) is 4.63. The lowest BCUT2D eigenvalue weighted by Crippen LogP contribution is -2.29. The summed E-state index contributed by atoms with van der Waals surface area (Å²) in [6.07, 6.45) is 3.16. The number of hydrogen-bond donors (Lipinski definition) is 1. The molecular formula is C14H17N3S. The predicted octanol–water partition coefficient (Wildman–Crippen LogP) is 2.74.